The molecule has 1 aromatic carbocycles. The predicted molar refractivity (Wildman–Crippen MR) is 112 cm³/mol. The third kappa shape index (κ3) is 4.36. The predicted octanol–water partition coefficient (Wildman–Crippen LogP) is 3.01. The normalized spacial score (nSPS) is 13.9. The number of aryl methyl sites for hydroxylation is 1. The van der Waals surface area contributed by atoms with Crippen molar-refractivity contribution < 1.29 is 14.3 Å². The quantitative estimate of drug-likeness (QED) is 0.690. The van der Waals surface area contributed by atoms with Gasteiger partial charge < -0.3 is 14.4 Å². The first-order chi connectivity index (χ1) is 14.1. The van der Waals surface area contributed by atoms with Crippen molar-refractivity contribution in [3.8, 4) is 16.3 Å². The van der Waals surface area contributed by atoms with Gasteiger partial charge >= 0.3 is 0 Å². The Balaban J connectivity index is 1.65. The molecule has 1 fully saturated rings. The summed E-state index contributed by atoms with van der Waals surface area (Å²) >= 11 is 1.17. The van der Waals surface area contributed by atoms with E-state index in [0.29, 0.717) is 15.9 Å². The van der Waals surface area contributed by atoms with Crippen LogP contribution in [0.2, 0.25) is 0 Å². The fraction of sp³-hybridized carbons (Fsp3) is 0.300. The lowest BCUT2D eigenvalue weighted by atomic mass is 9.99. The first-order valence-electron chi connectivity index (χ1n) is 9.22. The van der Waals surface area contributed by atoms with Gasteiger partial charge in [-0.15, -0.1) is 5.10 Å². The summed E-state index contributed by atoms with van der Waals surface area (Å²) in [6.45, 7) is 5.05. The van der Waals surface area contributed by atoms with Crippen LogP contribution in [0.15, 0.2) is 36.5 Å². The van der Waals surface area contributed by atoms with Crippen molar-refractivity contribution in [3.63, 3.8) is 0 Å². The van der Waals surface area contributed by atoms with Crippen LogP contribution in [0, 0.1) is 6.92 Å². The highest BCUT2D eigenvalue weighted by molar-refractivity contribution is 7.17. The number of nitrogens with zero attached hydrogens (tertiary/aromatic N) is 4. The molecule has 9 heteroatoms. The van der Waals surface area contributed by atoms with Crippen LogP contribution in [-0.2, 0) is 4.74 Å². The molecular formula is C20H21N5O3S. The lowest BCUT2D eigenvalue weighted by Gasteiger charge is -2.29. The number of anilines is 2. The molecule has 1 N–H and O–H groups in total. The van der Waals surface area contributed by atoms with E-state index in [1.165, 1.54) is 18.4 Å². The first-order valence-corrected chi connectivity index (χ1v) is 10.0. The molecule has 1 aliphatic rings. The summed E-state index contributed by atoms with van der Waals surface area (Å²) in [4.78, 5) is 19.5. The molecule has 1 aliphatic heterocycles. The van der Waals surface area contributed by atoms with E-state index in [1.54, 1.807) is 6.20 Å². The molecule has 0 unspecified atom stereocenters. The van der Waals surface area contributed by atoms with Gasteiger partial charge in [-0.25, -0.2) is 0 Å². The topological polar surface area (TPSA) is 89.5 Å². The number of hydrogen-bond acceptors (Lipinski definition) is 8. The Kier molecular flexibility index (Phi) is 5.68. The number of rotatable bonds is 5. The van der Waals surface area contributed by atoms with Crippen LogP contribution in [0.3, 0.4) is 0 Å². The first kappa shape index (κ1) is 19.3. The molecule has 3 aromatic rings. The highest BCUT2D eigenvalue weighted by atomic mass is 32.1. The monoisotopic (exact) mass is 411 g/mol. The molecule has 0 atom stereocenters. The maximum atomic E-state index is 12.9. The summed E-state index contributed by atoms with van der Waals surface area (Å²) < 4.78 is 10.5. The molecule has 1 amide bonds. The van der Waals surface area contributed by atoms with Crippen LogP contribution in [-0.4, -0.2) is 54.5 Å². The second-order valence-corrected chi connectivity index (χ2v) is 7.49. The van der Waals surface area contributed by atoms with E-state index >= 15 is 0 Å². The standard InChI is InChI=1S/C20H21N5O3S/c1-13-10-16(14-4-3-5-15(11-14)25-6-8-28-9-7-25)17(12-21-13)18(26)22-19-23-24-20(27-2)29-19/h3-5,10-12H,6-9H2,1-2H3,(H,22,23,26). The van der Waals surface area contributed by atoms with Gasteiger partial charge in [0.25, 0.3) is 11.1 Å². The summed E-state index contributed by atoms with van der Waals surface area (Å²) in [5.41, 5.74) is 4.20. The van der Waals surface area contributed by atoms with Crippen LogP contribution >= 0.6 is 11.3 Å². The van der Waals surface area contributed by atoms with Gasteiger partial charge in [0.1, 0.15) is 0 Å². The highest BCUT2D eigenvalue weighted by Gasteiger charge is 2.18. The molecule has 0 bridgehead atoms. The van der Waals surface area contributed by atoms with E-state index in [2.05, 4.69) is 37.5 Å². The number of hydrogen-bond donors (Lipinski definition) is 1. The molecule has 4 rings (SSSR count). The SMILES string of the molecule is COc1nnc(NC(=O)c2cnc(C)cc2-c2cccc(N3CCOCC3)c2)s1. The van der Waals surface area contributed by atoms with Gasteiger partial charge in [0.2, 0.25) is 5.13 Å². The van der Waals surface area contributed by atoms with Crippen molar-refractivity contribution in [3.05, 3.63) is 47.8 Å². The van der Waals surface area contributed by atoms with Gasteiger partial charge in [0.15, 0.2) is 0 Å². The number of amides is 1. The van der Waals surface area contributed by atoms with Gasteiger partial charge in [-0.2, -0.15) is 0 Å². The summed E-state index contributed by atoms with van der Waals surface area (Å²) in [6, 6.07) is 10.1. The second-order valence-electron chi connectivity index (χ2n) is 6.55. The van der Waals surface area contributed by atoms with E-state index in [-0.39, 0.29) is 5.91 Å². The van der Waals surface area contributed by atoms with E-state index in [4.69, 9.17) is 9.47 Å². The van der Waals surface area contributed by atoms with Crippen LogP contribution < -0.4 is 15.0 Å². The zero-order valence-corrected chi connectivity index (χ0v) is 17.0. The van der Waals surface area contributed by atoms with Crippen LogP contribution in [0.1, 0.15) is 16.1 Å². The third-order valence-corrected chi connectivity index (χ3v) is 5.42. The Labute approximate surface area is 172 Å². The van der Waals surface area contributed by atoms with Crippen molar-refractivity contribution in [2.24, 2.45) is 0 Å². The Morgan fingerprint density at radius 1 is 1.24 bits per heavy atom. The fourth-order valence-electron chi connectivity index (χ4n) is 3.18. The molecule has 0 saturated carbocycles. The molecule has 1 saturated heterocycles. The number of aromatic nitrogens is 3. The highest BCUT2D eigenvalue weighted by Crippen LogP contribution is 2.29. The average molecular weight is 411 g/mol. The minimum absolute atomic E-state index is 0.289. The molecule has 0 radical (unpaired) electrons. The van der Waals surface area contributed by atoms with E-state index in [9.17, 15) is 4.79 Å². The van der Waals surface area contributed by atoms with Crippen molar-refractivity contribution >= 4 is 28.1 Å². The molecule has 8 nitrogen and oxygen atoms in total. The number of ether oxygens (including phenoxy) is 2. The maximum absolute atomic E-state index is 12.9. The minimum atomic E-state index is -0.289. The molecular weight excluding hydrogens is 390 g/mol. The van der Waals surface area contributed by atoms with Crippen molar-refractivity contribution in [2.75, 3.05) is 43.6 Å². The Morgan fingerprint density at radius 3 is 2.83 bits per heavy atom. The summed E-state index contributed by atoms with van der Waals surface area (Å²) in [6.07, 6.45) is 1.60. The maximum Gasteiger partial charge on any atom is 0.295 e. The Morgan fingerprint density at radius 2 is 2.07 bits per heavy atom. The Hall–Kier alpha value is -3.04. The molecule has 150 valence electrons. The number of morpholine rings is 1. The number of pyridine rings is 1. The zero-order chi connectivity index (χ0) is 20.2. The summed E-state index contributed by atoms with van der Waals surface area (Å²) in [7, 11) is 1.51. The summed E-state index contributed by atoms with van der Waals surface area (Å²) in [5.74, 6) is -0.289. The lowest BCUT2D eigenvalue weighted by Crippen LogP contribution is -2.36. The number of methoxy groups -OCH3 is 1. The van der Waals surface area contributed by atoms with Gasteiger partial charge in [-0.05, 0) is 47.6 Å². The third-order valence-electron chi connectivity index (χ3n) is 4.62. The van der Waals surface area contributed by atoms with Crippen LogP contribution in [0.25, 0.3) is 11.1 Å². The fourth-order valence-corrected chi connectivity index (χ4v) is 3.73. The molecule has 29 heavy (non-hydrogen) atoms. The minimum Gasteiger partial charge on any atom is -0.472 e. The second kappa shape index (κ2) is 8.54. The van der Waals surface area contributed by atoms with Gasteiger partial charge in [-0.3, -0.25) is 15.1 Å². The van der Waals surface area contributed by atoms with Gasteiger partial charge in [-0.1, -0.05) is 17.2 Å². The van der Waals surface area contributed by atoms with Crippen LogP contribution in [0.4, 0.5) is 10.8 Å². The van der Waals surface area contributed by atoms with Crippen molar-refractivity contribution in [2.45, 2.75) is 6.92 Å². The van der Waals surface area contributed by atoms with Crippen molar-refractivity contribution in [1.29, 1.82) is 0 Å². The molecule has 0 aliphatic carbocycles. The summed E-state index contributed by atoms with van der Waals surface area (Å²) in [5, 5.41) is 11.3. The molecule has 0 spiro atoms. The molecule has 2 aromatic heterocycles. The average Bonchev–Trinajstić information content (AvgIpc) is 3.22. The smallest absolute Gasteiger partial charge is 0.295 e. The number of nitrogens with one attached hydrogen (secondary N) is 1. The van der Waals surface area contributed by atoms with Gasteiger partial charge in [0.05, 0.1) is 25.9 Å². The number of benzene rings is 1. The molecule has 3 heterocycles. The van der Waals surface area contributed by atoms with E-state index in [1.807, 2.05) is 25.1 Å². The van der Waals surface area contributed by atoms with Crippen LogP contribution in [0.5, 0.6) is 5.19 Å². The van der Waals surface area contributed by atoms with E-state index < -0.39 is 0 Å². The number of carbonyl (C=O) groups excluding carboxylic acids is 1. The zero-order valence-electron chi connectivity index (χ0n) is 16.2. The van der Waals surface area contributed by atoms with Gasteiger partial charge in [0, 0.05) is 30.7 Å². The van der Waals surface area contributed by atoms with E-state index in [0.717, 1.165) is 48.8 Å². The van der Waals surface area contributed by atoms with Crippen molar-refractivity contribution in [1.82, 2.24) is 15.2 Å². The largest absolute Gasteiger partial charge is 0.472 e. The lowest BCUT2D eigenvalue weighted by molar-refractivity contribution is 0.102. The Bertz CT molecular complexity index is 1020. The number of carbonyl (C=O) groups is 1.